The van der Waals surface area contributed by atoms with Crippen LogP contribution in [0, 0.1) is 0 Å². The van der Waals surface area contributed by atoms with Gasteiger partial charge in [0.15, 0.2) is 0 Å². The van der Waals surface area contributed by atoms with Gasteiger partial charge in [0, 0.05) is 23.6 Å². The van der Waals surface area contributed by atoms with Crippen molar-refractivity contribution in [3.63, 3.8) is 0 Å². The minimum atomic E-state index is 0.144. The summed E-state index contributed by atoms with van der Waals surface area (Å²) >= 11 is 5.99. The molecule has 2 rings (SSSR count). The number of nitrogens with zero attached hydrogens (tertiary/aromatic N) is 1. The summed E-state index contributed by atoms with van der Waals surface area (Å²) in [4.78, 5) is 4.39. The smallest absolute Gasteiger partial charge is 0.124 e. The van der Waals surface area contributed by atoms with Gasteiger partial charge in [0.2, 0.25) is 0 Å². The van der Waals surface area contributed by atoms with E-state index in [9.17, 15) is 0 Å². The van der Waals surface area contributed by atoms with Gasteiger partial charge >= 0.3 is 0 Å². The van der Waals surface area contributed by atoms with Crippen LogP contribution in [-0.2, 0) is 6.42 Å². The molecule has 0 spiro atoms. The fraction of sp³-hybridized carbons (Fsp3) is 0.462. The Bertz CT molecular complexity index is 429. The number of amidine groups is 1. The fourth-order valence-electron chi connectivity index (χ4n) is 1.78. The van der Waals surface area contributed by atoms with Gasteiger partial charge in [-0.1, -0.05) is 17.7 Å². The van der Waals surface area contributed by atoms with Crippen LogP contribution < -0.4 is 10.1 Å². The zero-order valence-corrected chi connectivity index (χ0v) is 10.9. The minimum absolute atomic E-state index is 0.144. The van der Waals surface area contributed by atoms with Crippen molar-refractivity contribution in [1.29, 1.82) is 0 Å². The van der Waals surface area contributed by atoms with Crippen molar-refractivity contribution in [2.24, 2.45) is 4.99 Å². The largest absolute Gasteiger partial charge is 0.491 e. The molecule has 0 amide bonds. The van der Waals surface area contributed by atoms with Gasteiger partial charge < -0.3 is 10.1 Å². The number of hydrogen-bond donors (Lipinski definition) is 1. The molecule has 1 aliphatic heterocycles. The Balaban J connectivity index is 2.19. The van der Waals surface area contributed by atoms with Crippen molar-refractivity contribution in [2.45, 2.75) is 26.4 Å². The number of ether oxygens (including phenoxy) is 1. The highest BCUT2D eigenvalue weighted by atomic mass is 35.5. The average molecular weight is 253 g/mol. The van der Waals surface area contributed by atoms with Gasteiger partial charge in [0.1, 0.15) is 11.6 Å². The first kappa shape index (κ1) is 12.2. The van der Waals surface area contributed by atoms with Crippen LogP contribution in [-0.4, -0.2) is 25.0 Å². The van der Waals surface area contributed by atoms with Crippen molar-refractivity contribution < 1.29 is 4.74 Å². The van der Waals surface area contributed by atoms with Gasteiger partial charge in [-0.05, 0) is 26.0 Å². The number of hydrogen-bond acceptors (Lipinski definition) is 3. The lowest BCUT2D eigenvalue weighted by molar-refractivity contribution is 0.240. The van der Waals surface area contributed by atoms with Gasteiger partial charge in [-0.2, -0.15) is 0 Å². The lowest BCUT2D eigenvalue weighted by atomic mass is 10.1. The third kappa shape index (κ3) is 3.37. The molecular formula is C13H17ClN2O. The predicted molar refractivity (Wildman–Crippen MR) is 71.2 cm³/mol. The molecule has 0 saturated heterocycles. The average Bonchev–Trinajstić information content (AvgIpc) is 2.74. The summed E-state index contributed by atoms with van der Waals surface area (Å²) in [5, 5.41) is 3.96. The molecule has 4 heteroatoms. The van der Waals surface area contributed by atoms with Crippen LogP contribution in [0.2, 0.25) is 5.02 Å². The van der Waals surface area contributed by atoms with E-state index in [1.165, 1.54) is 0 Å². The van der Waals surface area contributed by atoms with E-state index in [2.05, 4.69) is 10.3 Å². The maximum absolute atomic E-state index is 5.99. The zero-order valence-electron chi connectivity index (χ0n) is 10.2. The molecule has 92 valence electrons. The molecule has 0 aromatic heterocycles. The molecule has 0 bridgehead atoms. The summed E-state index contributed by atoms with van der Waals surface area (Å²) in [7, 11) is 0. The lowest BCUT2D eigenvalue weighted by Gasteiger charge is -2.14. The van der Waals surface area contributed by atoms with Crippen molar-refractivity contribution in [3.05, 3.63) is 28.8 Å². The summed E-state index contributed by atoms with van der Waals surface area (Å²) in [6.07, 6.45) is 0.921. The molecule has 1 N–H and O–H groups in total. The van der Waals surface area contributed by atoms with Gasteiger partial charge in [-0.25, -0.2) is 0 Å². The van der Waals surface area contributed by atoms with Crippen LogP contribution in [0.5, 0.6) is 5.75 Å². The monoisotopic (exact) mass is 252 g/mol. The van der Waals surface area contributed by atoms with E-state index in [1.807, 2.05) is 32.0 Å². The van der Waals surface area contributed by atoms with Crippen LogP contribution in [0.1, 0.15) is 19.4 Å². The van der Waals surface area contributed by atoms with Crippen LogP contribution >= 0.6 is 11.6 Å². The van der Waals surface area contributed by atoms with Crippen molar-refractivity contribution >= 4 is 17.4 Å². The topological polar surface area (TPSA) is 33.6 Å². The maximum Gasteiger partial charge on any atom is 0.124 e. The van der Waals surface area contributed by atoms with Crippen LogP contribution in [0.25, 0.3) is 0 Å². The van der Waals surface area contributed by atoms with E-state index in [4.69, 9.17) is 16.3 Å². The van der Waals surface area contributed by atoms with E-state index < -0.39 is 0 Å². The van der Waals surface area contributed by atoms with Crippen LogP contribution in [0.15, 0.2) is 23.2 Å². The lowest BCUT2D eigenvalue weighted by Crippen LogP contribution is -2.21. The van der Waals surface area contributed by atoms with Gasteiger partial charge in [-0.15, -0.1) is 0 Å². The highest BCUT2D eigenvalue weighted by Crippen LogP contribution is 2.25. The Kier molecular flexibility index (Phi) is 3.89. The molecule has 0 atom stereocenters. The zero-order chi connectivity index (χ0) is 12.3. The Morgan fingerprint density at radius 2 is 2.29 bits per heavy atom. The molecule has 0 unspecified atom stereocenters. The first-order chi connectivity index (χ1) is 8.15. The summed E-state index contributed by atoms with van der Waals surface area (Å²) < 4.78 is 5.77. The Morgan fingerprint density at radius 3 is 2.94 bits per heavy atom. The molecule has 0 aliphatic carbocycles. The normalized spacial score (nSPS) is 14.7. The first-order valence-electron chi connectivity index (χ1n) is 5.87. The molecular weight excluding hydrogens is 236 g/mol. The molecule has 17 heavy (non-hydrogen) atoms. The summed E-state index contributed by atoms with van der Waals surface area (Å²) in [6, 6.07) is 5.76. The SMILES string of the molecule is CC(C)Oc1cc(Cl)ccc1CC1=NCCN1. The van der Waals surface area contributed by atoms with Crippen molar-refractivity contribution in [1.82, 2.24) is 5.32 Å². The second-order valence-electron chi connectivity index (χ2n) is 4.35. The van der Waals surface area contributed by atoms with E-state index in [-0.39, 0.29) is 6.10 Å². The van der Waals surface area contributed by atoms with E-state index >= 15 is 0 Å². The Labute approximate surface area is 107 Å². The Hall–Kier alpha value is -1.22. The molecule has 3 nitrogen and oxygen atoms in total. The number of nitrogens with one attached hydrogen (secondary N) is 1. The Morgan fingerprint density at radius 1 is 1.47 bits per heavy atom. The maximum atomic E-state index is 5.99. The van der Waals surface area contributed by atoms with Crippen molar-refractivity contribution in [2.75, 3.05) is 13.1 Å². The molecule has 1 aromatic carbocycles. The highest BCUT2D eigenvalue weighted by molar-refractivity contribution is 6.30. The molecule has 1 heterocycles. The van der Waals surface area contributed by atoms with Gasteiger partial charge in [0.05, 0.1) is 12.6 Å². The third-order valence-corrected chi connectivity index (χ3v) is 2.73. The number of rotatable bonds is 4. The second-order valence-corrected chi connectivity index (χ2v) is 4.79. The third-order valence-electron chi connectivity index (χ3n) is 2.49. The minimum Gasteiger partial charge on any atom is -0.491 e. The number of aliphatic imine (C=N–C) groups is 1. The second kappa shape index (κ2) is 5.41. The standard InChI is InChI=1S/C13H17ClN2O/c1-9(2)17-12-8-11(14)4-3-10(12)7-13-15-5-6-16-13/h3-4,8-9H,5-7H2,1-2H3,(H,15,16). The van der Waals surface area contributed by atoms with Crippen LogP contribution in [0.3, 0.4) is 0 Å². The van der Waals surface area contributed by atoms with Crippen molar-refractivity contribution in [3.8, 4) is 5.75 Å². The quantitative estimate of drug-likeness (QED) is 0.894. The predicted octanol–water partition coefficient (Wildman–Crippen LogP) is 2.67. The summed E-state index contributed by atoms with van der Waals surface area (Å²) in [5.41, 5.74) is 1.12. The molecule has 1 aliphatic rings. The van der Waals surface area contributed by atoms with E-state index in [0.717, 1.165) is 36.7 Å². The number of halogens is 1. The highest BCUT2D eigenvalue weighted by Gasteiger charge is 2.11. The molecule has 0 saturated carbocycles. The van der Waals surface area contributed by atoms with Crippen LogP contribution in [0.4, 0.5) is 0 Å². The first-order valence-corrected chi connectivity index (χ1v) is 6.25. The van der Waals surface area contributed by atoms with Gasteiger partial charge in [-0.3, -0.25) is 4.99 Å². The molecule has 0 fully saturated rings. The van der Waals surface area contributed by atoms with E-state index in [1.54, 1.807) is 0 Å². The fourth-order valence-corrected chi connectivity index (χ4v) is 1.95. The molecule has 1 aromatic rings. The summed E-state index contributed by atoms with van der Waals surface area (Å²) in [6.45, 7) is 5.82. The summed E-state index contributed by atoms with van der Waals surface area (Å²) in [5.74, 6) is 1.88. The van der Waals surface area contributed by atoms with E-state index in [0.29, 0.717) is 5.02 Å². The number of benzene rings is 1. The molecule has 0 radical (unpaired) electrons. The van der Waals surface area contributed by atoms with Gasteiger partial charge in [0.25, 0.3) is 0 Å².